The van der Waals surface area contributed by atoms with Gasteiger partial charge in [0, 0.05) is 44.1 Å². The van der Waals surface area contributed by atoms with E-state index < -0.39 is 0 Å². The summed E-state index contributed by atoms with van der Waals surface area (Å²) in [5.74, 6) is -0.317. The Hall–Kier alpha value is -3.35. The summed E-state index contributed by atoms with van der Waals surface area (Å²) in [6.45, 7) is 5.12. The lowest BCUT2D eigenvalue weighted by molar-refractivity contribution is 0.0955. The maximum absolute atomic E-state index is 12.2. The fraction of sp³-hybridized carbons (Fsp3) is 0.286. The Labute approximate surface area is 166 Å². The van der Waals surface area contributed by atoms with E-state index in [4.69, 9.17) is 0 Å². The first kappa shape index (κ1) is 21.0. The Bertz CT molecular complexity index is 810. The van der Waals surface area contributed by atoms with Gasteiger partial charge in [-0.25, -0.2) is 10.2 Å². The maximum Gasteiger partial charge on any atom is 0.321 e. The molecule has 2 N–H and O–H groups in total. The number of nitrogens with one attached hydrogen (secondary N) is 2. The monoisotopic (exact) mass is 381 g/mol. The smallest absolute Gasteiger partial charge is 0.321 e. The molecule has 0 aliphatic rings. The van der Waals surface area contributed by atoms with Gasteiger partial charge in [-0.15, -0.1) is 0 Å². The molecule has 7 nitrogen and oxygen atoms in total. The van der Waals surface area contributed by atoms with Crippen LogP contribution in [0.5, 0.6) is 0 Å². The second-order valence-electron chi connectivity index (χ2n) is 6.36. The summed E-state index contributed by atoms with van der Waals surface area (Å²) >= 11 is 0. The van der Waals surface area contributed by atoms with E-state index >= 15 is 0 Å². The van der Waals surface area contributed by atoms with Gasteiger partial charge in [0.1, 0.15) is 0 Å². The van der Waals surface area contributed by atoms with Crippen molar-refractivity contribution in [1.82, 2.24) is 10.3 Å². The average molecular weight is 381 g/mol. The van der Waals surface area contributed by atoms with Crippen LogP contribution >= 0.6 is 0 Å². The van der Waals surface area contributed by atoms with Crippen molar-refractivity contribution < 1.29 is 9.59 Å². The van der Waals surface area contributed by atoms with E-state index in [1.165, 1.54) is 0 Å². The molecule has 0 radical (unpaired) electrons. The number of carbonyl (C=O) groups excluding carboxylic acids is 2. The first-order valence-electron chi connectivity index (χ1n) is 9.21. The fourth-order valence-electron chi connectivity index (χ4n) is 2.51. The molecule has 28 heavy (non-hydrogen) atoms. The van der Waals surface area contributed by atoms with Crippen LogP contribution < -0.4 is 15.6 Å². The summed E-state index contributed by atoms with van der Waals surface area (Å²) in [5, 5.41) is 6.80. The van der Waals surface area contributed by atoms with Crippen molar-refractivity contribution in [3.63, 3.8) is 0 Å². The van der Waals surface area contributed by atoms with Gasteiger partial charge in [0.05, 0.1) is 6.21 Å². The first-order chi connectivity index (χ1) is 13.4. The molecule has 0 atom stereocenters. The lowest BCUT2D eigenvalue weighted by atomic mass is 10.2. The van der Waals surface area contributed by atoms with Crippen molar-refractivity contribution in [1.29, 1.82) is 0 Å². The number of rotatable bonds is 7. The summed E-state index contributed by atoms with van der Waals surface area (Å²) < 4.78 is 0. The van der Waals surface area contributed by atoms with Crippen LogP contribution in [0.4, 0.5) is 16.2 Å². The van der Waals surface area contributed by atoms with Crippen molar-refractivity contribution in [3.8, 4) is 0 Å². The van der Waals surface area contributed by atoms with Gasteiger partial charge in [0.15, 0.2) is 0 Å². The number of amides is 3. The standard InChI is InChI=1S/C21H27N5O2/c1-5-26(6-2)21(28)23-18-11-9-17(10-12-18)20(27)24-22-15-16-7-13-19(14-8-16)25(3)4/h7-15H,5-6H2,1-4H3,(H,23,28)(H,24,27). The number of benzene rings is 2. The second-order valence-corrected chi connectivity index (χ2v) is 6.36. The Kier molecular flexibility index (Phi) is 7.56. The quantitative estimate of drug-likeness (QED) is 0.570. The summed E-state index contributed by atoms with van der Waals surface area (Å²) in [5.41, 5.74) is 5.58. The fourth-order valence-corrected chi connectivity index (χ4v) is 2.51. The molecule has 2 rings (SSSR count). The van der Waals surface area contributed by atoms with Crippen LogP contribution in [0.3, 0.4) is 0 Å². The van der Waals surface area contributed by atoms with E-state index in [0.717, 1.165) is 11.3 Å². The number of anilines is 2. The second kappa shape index (κ2) is 10.1. The van der Waals surface area contributed by atoms with Gasteiger partial charge >= 0.3 is 6.03 Å². The predicted octanol–water partition coefficient (Wildman–Crippen LogP) is 3.39. The van der Waals surface area contributed by atoms with E-state index in [1.807, 2.05) is 57.1 Å². The first-order valence-corrected chi connectivity index (χ1v) is 9.21. The summed E-state index contributed by atoms with van der Waals surface area (Å²) in [7, 11) is 3.95. The lowest BCUT2D eigenvalue weighted by Gasteiger charge is -2.19. The molecule has 0 unspecified atom stereocenters. The largest absolute Gasteiger partial charge is 0.378 e. The number of urea groups is 1. The molecule has 0 aliphatic heterocycles. The Morgan fingerprint density at radius 3 is 2.11 bits per heavy atom. The van der Waals surface area contributed by atoms with Gasteiger partial charge in [-0.2, -0.15) is 5.10 Å². The lowest BCUT2D eigenvalue weighted by Crippen LogP contribution is -2.34. The summed E-state index contributed by atoms with van der Waals surface area (Å²) in [4.78, 5) is 27.9. The summed E-state index contributed by atoms with van der Waals surface area (Å²) in [6.07, 6.45) is 1.59. The van der Waals surface area contributed by atoms with Crippen molar-refractivity contribution in [2.75, 3.05) is 37.4 Å². The van der Waals surface area contributed by atoms with Crippen LogP contribution in [0.2, 0.25) is 0 Å². The van der Waals surface area contributed by atoms with Crippen LogP contribution in [-0.4, -0.2) is 50.2 Å². The molecule has 3 amide bonds. The number of hydrogen-bond donors (Lipinski definition) is 2. The average Bonchev–Trinajstić information content (AvgIpc) is 2.69. The molecule has 148 valence electrons. The molecule has 0 saturated carbocycles. The van der Waals surface area contributed by atoms with Crippen LogP contribution in [0.15, 0.2) is 53.6 Å². The van der Waals surface area contributed by atoms with Gasteiger partial charge in [-0.3, -0.25) is 4.79 Å². The molecule has 0 spiro atoms. The van der Waals surface area contributed by atoms with Gasteiger partial charge in [0.25, 0.3) is 5.91 Å². The minimum atomic E-state index is -0.317. The molecule has 2 aromatic carbocycles. The van der Waals surface area contributed by atoms with Crippen LogP contribution in [-0.2, 0) is 0 Å². The third kappa shape index (κ3) is 5.84. The van der Waals surface area contributed by atoms with Gasteiger partial charge in [-0.05, 0) is 55.8 Å². The van der Waals surface area contributed by atoms with E-state index in [-0.39, 0.29) is 11.9 Å². The molecular formula is C21H27N5O2. The molecule has 0 aliphatic carbocycles. The highest BCUT2D eigenvalue weighted by molar-refractivity contribution is 5.96. The molecular weight excluding hydrogens is 354 g/mol. The van der Waals surface area contributed by atoms with Crippen molar-refractivity contribution in [2.24, 2.45) is 5.10 Å². The Morgan fingerprint density at radius 2 is 1.57 bits per heavy atom. The third-order valence-corrected chi connectivity index (χ3v) is 4.24. The van der Waals surface area contributed by atoms with Crippen LogP contribution in [0, 0.1) is 0 Å². The topological polar surface area (TPSA) is 77.0 Å². The zero-order valence-corrected chi connectivity index (χ0v) is 16.8. The molecule has 0 saturated heterocycles. The minimum absolute atomic E-state index is 0.160. The molecule has 0 fully saturated rings. The van der Waals surface area contributed by atoms with Gasteiger partial charge < -0.3 is 15.1 Å². The van der Waals surface area contributed by atoms with Gasteiger partial charge in [0.2, 0.25) is 0 Å². The number of hydrazone groups is 1. The molecule has 0 heterocycles. The van der Waals surface area contributed by atoms with Crippen molar-refractivity contribution >= 4 is 29.5 Å². The van der Waals surface area contributed by atoms with E-state index in [0.29, 0.717) is 24.3 Å². The highest BCUT2D eigenvalue weighted by Gasteiger charge is 2.10. The van der Waals surface area contributed by atoms with Gasteiger partial charge in [-0.1, -0.05) is 12.1 Å². The number of nitrogens with zero attached hydrogens (tertiary/aromatic N) is 3. The zero-order valence-electron chi connectivity index (χ0n) is 16.8. The highest BCUT2D eigenvalue weighted by Crippen LogP contribution is 2.12. The minimum Gasteiger partial charge on any atom is -0.378 e. The highest BCUT2D eigenvalue weighted by atomic mass is 16.2. The normalized spacial score (nSPS) is 10.6. The van der Waals surface area contributed by atoms with Crippen LogP contribution in [0.1, 0.15) is 29.8 Å². The van der Waals surface area contributed by atoms with Crippen LogP contribution in [0.25, 0.3) is 0 Å². The maximum atomic E-state index is 12.2. The predicted molar refractivity (Wildman–Crippen MR) is 114 cm³/mol. The number of hydrogen-bond acceptors (Lipinski definition) is 4. The SMILES string of the molecule is CCN(CC)C(=O)Nc1ccc(C(=O)NN=Cc2ccc(N(C)C)cc2)cc1. The zero-order chi connectivity index (χ0) is 20.5. The van der Waals surface area contributed by atoms with Crippen molar-refractivity contribution in [2.45, 2.75) is 13.8 Å². The Balaban J connectivity index is 1.91. The Morgan fingerprint density at radius 1 is 0.964 bits per heavy atom. The van der Waals surface area contributed by atoms with E-state index in [1.54, 1.807) is 35.4 Å². The molecule has 0 bridgehead atoms. The van der Waals surface area contributed by atoms with Crippen molar-refractivity contribution in [3.05, 3.63) is 59.7 Å². The van der Waals surface area contributed by atoms with E-state index in [9.17, 15) is 9.59 Å². The number of carbonyl (C=O) groups is 2. The van der Waals surface area contributed by atoms with E-state index in [2.05, 4.69) is 15.8 Å². The molecule has 2 aromatic rings. The third-order valence-electron chi connectivity index (χ3n) is 4.24. The summed E-state index contributed by atoms with van der Waals surface area (Å²) in [6, 6.07) is 14.3. The molecule has 0 aromatic heterocycles. The molecule has 7 heteroatoms.